The van der Waals surface area contributed by atoms with Gasteiger partial charge in [0.1, 0.15) is 0 Å². The Morgan fingerprint density at radius 1 is 1.05 bits per heavy atom. The fourth-order valence-corrected chi connectivity index (χ4v) is 1.98. The van der Waals surface area contributed by atoms with Gasteiger partial charge in [-0.3, -0.25) is 9.59 Å². The molecule has 0 atom stereocenters. The predicted octanol–water partition coefficient (Wildman–Crippen LogP) is 3.07. The molecule has 5 heteroatoms. The van der Waals surface area contributed by atoms with Crippen LogP contribution >= 0.6 is 0 Å². The maximum absolute atomic E-state index is 12.0. The molecule has 114 valence electrons. The van der Waals surface area contributed by atoms with Crippen LogP contribution in [0.25, 0.3) is 10.8 Å². The van der Waals surface area contributed by atoms with Crippen LogP contribution in [-0.4, -0.2) is 17.5 Å². The quantitative estimate of drug-likeness (QED) is 0.657. The van der Waals surface area contributed by atoms with E-state index in [0.717, 1.165) is 16.5 Å². The third-order valence-corrected chi connectivity index (χ3v) is 3.14. The Balaban J connectivity index is 1.97. The second-order valence-electron chi connectivity index (χ2n) is 5.02. The molecule has 0 bridgehead atoms. The minimum absolute atomic E-state index is 0.136. The second-order valence-corrected chi connectivity index (χ2v) is 5.02. The first-order valence-electron chi connectivity index (χ1n) is 7.19. The first-order valence-corrected chi connectivity index (χ1v) is 7.19. The molecule has 2 amide bonds. The SMILES string of the molecule is CCC(=O)N/N=C(/C)CC(=O)Nc1ccc2ccccc2c1. The molecule has 0 radical (unpaired) electrons. The number of hydrogen-bond acceptors (Lipinski definition) is 3. The van der Waals surface area contributed by atoms with Gasteiger partial charge in [-0.05, 0) is 29.8 Å². The van der Waals surface area contributed by atoms with E-state index in [4.69, 9.17) is 0 Å². The molecule has 2 aromatic rings. The number of fused-ring (bicyclic) bond motifs is 1. The highest BCUT2D eigenvalue weighted by atomic mass is 16.2. The summed E-state index contributed by atoms with van der Waals surface area (Å²) in [5.74, 6) is -0.337. The molecule has 0 aliphatic rings. The van der Waals surface area contributed by atoms with Gasteiger partial charge in [0, 0.05) is 17.8 Å². The van der Waals surface area contributed by atoms with E-state index in [1.165, 1.54) is 0 Å². The Labute approximate surface area is 129 Å². The molecule has 22 heavy (non-hydrogen) atoms. The lowest BCUT2D eigenvalue weighted by molar-refractivity contribution is -0.121. The van der Waals surface area contributed by atoms with Crippen LogP contribution in [0.5, 0.6) is 0 Å². The average Bonchev–Trinajstić information content (AvgIpc) is 2.52. The largest absolute Gasteiger partial charge is 0.326 e. The zero-order chi connectivity index (χ0) is 15.9. The van der Waals surface area contributed by atoms with Crippen molar-refractivity contribution in [3.8, 4) is 0 Å². The molecule has 5 nitrogen and oxygen atoms in total. The number of carbonyl (C=O) groups excluding carboxylic acids is 2. The number of hydrogen-bond donors (Lipinski definition) is 2. The van der Waals surface area contributed by atoms with Crippen molar-refractivity contribution in [2.75, 3.05) is 5.32 Å². The average molecular weight is 297 g/mol. The summed E-state index contributed by atoms with van der Waals surface area (Å²) in [6, 6.07) is 13.7. The number of hydrazone groups is 1. The summed E-state index contributed by atoms with van der Waals surface area (Å²) in [4.78, 5) is 23.1. The fourth-order valence-electron chi connectivity index (χ4n) is 1.98. The third-order valence-electron chi connectivity index (χ3n) is 3.14. The Bertz CT molecular complexity index is 723. The van der Waals surface area contributed by atoms with E-state index in [0.29, 0.717) is 12.1 Å². The molecular weight excluding hydrogens is 278 g/mol. The van der Waals surface area contributed by atoms with E-state index in [-0.39, 0.29) is 18.2 Å². The number of carbonyl (C=O) groups is 2. The molecule has 0 heterocycles. The summed E-state index contributed by atoms with van der Waals surface area (Å²) in [5, 5.41) is 8.91. The lowest BCUT2D eigenvalue weighted by Gasteiger charge is -2.07. The lowest BCUT2D eigenvalue weighted by atomic mass is 10.1. The zero-order valence-electron chi connectivity index (χ0n) is 12.7. The molecule has 0 saturated carbocycles. The van der Waals surface area contributed by atoms with E-state index in [1.807, 2.05) is 42.5 Å². The molecule has 2 aromatic carbocycles. The summed E-state index contributed by atoms with van der Waals surface area (Å²) < 4.78 is 0. The van der Waals surface area contributed by atoms with Gasteiger partial charge in [0.2, 0.25) is 11.8 Å². The van der Waals surface area contributed by atoms with Crippen molar-refractivity contribution < 1.29 is 9.59 Å². The molecule has 0 spiro atoms. The number of rotatable bonds is 5. The van der Waals surface area contributed by atoms with Gasteiger partial charge in [-0.2, -0.15) is 5.10 Å². The number of benzene rings is 2. The second kappa shape index (κ2) is 7.36. The van der Waals surface area contributed by atoms with E-state index in [1.54, 1.807) is 13.8 Å². The van der Waals surface area contributed by atoms with Crippen LogP contribution in [0.2, 0.25) is 0 Å². The third kappa shape index (κ3) is 4.41. The number of nitrogens with one attached hydrogen (secondary N) is 2. The minimum Gasteiger partial charge on any atom is -0.326 e. The maximum atomic E-state index is 12.0. The van der Waals surface area contributed by atoms with Crippen LogP contribution in [0, 0.1) is 0 Å². The van der Waals surface area contributed by atoms with Gasteiger partial charge >= 0.3 is 0 Å². The van der Waals surface area contributed by atoms with E-state index < -0.39 is 0 Å². The maximum Gasteiger partial charge on any atom is 0.239 e. The lowest BCUT2D eigenvalue weighted by Crippen LogP contribution is -2.20. The molecule has 0 aliphatic carbocycles. The van der Waals surface area contributed by atoms with Crippen molar-refractivity contribution in [1.82, 2.24) is 5.43 Å². The van der Waals surface area contributed by atoms with E-state index >= 15 is 0 Å². The van der Waals surface area contributed by atoms with Crippen molar-refractivity contribution in [3.63, 3.8) is 0 Å². The topological polar surface area (TPSA) is 70.6 Å². The fraction of sp³-hybridized carbons (Fsp3) is 0.235. The molecular formula is C17H19N3O2. The first kappa shape index (κ1) is 15.7. The van der Waals surface area contributed by atoms with Crippen molar-refractivity contribution in [1.29, 1.82) is 0 Å². The Morgan fingerprint density at radius 2 is 1.77 bits per heavy atom. The summed E-state index contributed by atoms with van der Waals surface area (Å²) in [6.07, 6.45) is 0.497. The highest BCUT2D eigenvalue weighted by Gasteiger charge is 2.06. The van der Waals surface area contributed by atoms with E-state index in [9.17, 15) is 9.59 Å². The Kier molecular flexibility index (Phi) is 5.25. The molecule has 0 aliphatic heterocycles. The zero-order valence-corrected chi connectivity index (χ0v) is 12.7. The summed E-state index contributed by atoms with van der Waals surface area (Å²) >= 11 is 0. The van der Waals surface area contributed by atoms with Gasteiger partial charge in [-0.25, -0.2) is 5.43 Å². The molecule has 0 fully saturated rings. The first-order chi connectivity index (χ1) is 10.6. The van der Waals surface area contributed by atoms with Gasteiger partial charge < -0.3 is 5.32 Å². The highest BCUT2D eigenvalue weighted by Crippen LogP contribution is 2.18. The number of anilines is 1. The van der Waals surface area contributed by atoms with Gasteiger partial charge in [-0.15, -0.1) is 0 Å². The van der Waals surface area contributed by atoms with Gasteiger partial charge in [-0.1, -0.05) is 37.3 Å². The van der Waals surface area contributed by atoms with Gasteiger partial charge in [0.25, 0.3) is 0 Å². The normalized spacial score (nSPS) is 11.3. The van der Waals surface area contributed by atoms with Crippen molar-refractivity contribution in [2.24, 2.45) is 5.10 Å². The van der Waals surface area contributed by atoms with E-state index in [2.05, 4.69) is 15.8 Å². The van der Waals surface area contributed by atoms with Crippen LogP contribution in [0.4, 0.5) is 5.69 Å². The summed E-state index contributed by atoms with van der Waals surface area (Å²) in [6.45, 7) is 3.45. The molecule has 0 saturated heterocycles. The van der Waals surface area contributed by atoms with Crippen LogP contribution in [0.3, 0.4) is 0 Å². The number of nitrogens with zero attached hydrogens (tertiary/aromatic N) is 1. The van der Waals surface area contributed by atoms with Crippen LogP contribution in [0.15, 0.2) is 47.6 Å². The molecule has 2 N–H and O–H groups in total. The van der Waals surface area contributed by atoms with Gasteiger partial charge in [0.15, 0.2) is 0 Å². The molecule has 0 unspecified atom stereocenters. The van der Waals surface area contributed by atoms with Crippen molar-refractivity contribution >= 4 is 34.0 Å². The minimum atomic E-state index is -0.172. The van der Waals surface area contributed by atoms with Crippen LogP contribution < -0.4 is 10.7 Å². The Morgan fingerprint density at radius 3 is 2.50 bits per heavy atom. The highest BCUT2D eigenvalue weighted by molar-refractivity contribution is 6.06. The van der Waals surface area contributed by atoms with Crippen molar-refractivity contribution in [3.05, 3.63) is 42.5 Å². The van der Waals surface area contributed by atoms with Crippen LogP contribution in [-0.2, 0) is 9.59 Å². The summed E-state index contributed by atoms with van der Waals surface area (Å²) in [7, 11) is 0. The smallest absolute Gasteiger partial charge is 0.239 e. The Hall–Kier alpha value is -2.69. The molecule has 0 aromatic heterocycles. The van der Waals surface area contributed by atoms with Crippen LogP contribution in [0.1, 0.15) is 26.7 Å². The summed E-state index contributed by atoms with van der Waals surface area (Å²) in [5.41, 5.74) is 3.69. The predicted molar refractivity (Wildman–Crippen MR) is 88.7 cm³/mol. The monoisotopic (exact) mass is 297 g/mol. The number of amides is 2. The van der Waals surface area contributed by atoms with Gasteiger partial charge in [0.05, 0.1) is 6.42 Å². The standard InChI is InChI=1S/C17H19N3O2/c1-3-16(21)20-19-12(2)10-17(22)18-15-9-8-13-6-4-5-7-14(13)11-15/h4-9,11H,3,10H2,1-2H3,(H,18,22)(H,20,21)/b19-12-. The van der Waals surface area contributed by atoms with Crippen molar-refractivity contribution in [2.45, 2.75) is 26.7 Å². The molecule has 2 rings (SSSR count).